The van der Waals surface area contributed by atoms with Gasteiger partial charge in [-0.05, 0) is 71.3 Å². The van der Waals surface area contributed by atoms with Crippen LogP contribution in [0.3, 0.4) is 0 Å². The van der Waals surface area contributed by atoms with Gasteiger partial charge in [0.15, 0.2) is 5.82 Å². The molecule has 6 aromatic rings. The van der Waals surface area contributed by atoms with E-state index >= 15 is 4.39 Å². The third kappa shape index (κ3) is 8.07. The molecule has 11 rings (SSSR count). The van der Waals surface area contributed by atoms with Gasteiger partial charge in [-0.2, -0.15) is 9.97 Å². The topological polar surface area (TPSA) is 134 Å². The first-order valence-electron chi connectivity index (χ1n) is 23.6. The number of phenols is 2. The van der Waals surface area contributed by atoms with Crippen LogP contribution in [0, 0.1) is 5.82 Å². The standard InChI is InChI=1S/C52H58FN9O4/c1-31(2)42-21-43(46(64)22-45(42)63)51(65)62-25-34-12-11-32(19-35(34)26-62)24-59-15-17-60(18-16-59)38-20-39(58(3)29-38)30-66-52-56-49-44(50(57-52)61-27-36-13-14-37(28-61)55-36)23-54-48(47(49)53)41-10-6-8-33-7-4-5-9-40(33)41/h4-12,19,21-23,31,36-39,55,63-64H,13-18,20,24-30H2,1-3H3/t36?,37?,38-,39-/m0/s1. The summed E-state index contributed by atoms with van der Waals surface area (Å²) in [6.45, 7) is 12.5. The van der Waals surface area contributed by atoms with Gasteiger partial charge in [0.25, 0.3) is 5.91 Å². The lowest BCUT2D eigenvalue weighted by atomic mass is 9.98. The van der Waals surface area contributed by atoms with E-state index in [1.165, 1.54) is 11.6 Å². The summed E-state index contributed by atoms with van der Waals surface area (Å²) in [5.41, 5.74) is 5.60. The highest BCUT2D eigenvalue weighted by Gasteiger charge is 2.37. The molecule has 2 bridgehead atoms. The van der Waals surface area contributed by atoms with E-state index < -0.39 is 5.82 Å². The molecule has 5 aliphatic heterocycles. The largest absolute Gasteiger partial charge is 0.508 e. The zero-order chi connectivity index (χ0) is 45.2. The van der Waals surface area contributed by atoms with Gasteiger partial charge in [0, 0.05) is 107 Å². The Labute approximate surface area is 384 Å². The maximum absolute atomic E-state index is 16.9. The molecule has 0 saturated carbocycles. The molecule has 13 nitrogen and oxygen atoms in total. The fourth-order valence-electron chi connectivity index (χ4n) is 11.2. The number of fused-ring (bicyclic) bond motifs is 5. The number of nitrogens with one attached hydrogen (secondary N) is 1. The second kappa shape index (κ2) is 17.4. The van der Waals surface area contributed by atoms with Crippen molar-refractivity contribution >= 4 is 33.4 Å². The number of carbonyl (C=O) groups is 1. The van der Waals surface area contributed by atoms with Crippen molar-refractivity contribution in [1.82, 2.24) is 39.9 Å². The summed E-state index contributed by atoms with van der Waals surface area (Å²) >= 11 is 0. The highest BCUT2D eigenvalue weighted by molar-refractivity contribution is 5.99. The number of likely N-dealkylation sites (N-methyl/N-ethyl adjacent to an activating group) is 1. The number of rotatable bonds is 10. The molecule has 5 aliphatic rings. The summed E-state index contributed by atoms with van der Waals surface area (Å²) in [5, 5.41) is 27.1. The van der Waals surface area contributed by atoms with E-state index in [4.69, 9.17) is 19.7 Å². The number of anilines is 1. The number of hydrogen-bond donors (Lipinski definition) is 3. The van der Waals surface area contributed by atoms with E-state index in [-0.39, 0.29) is 52.2 Å². The number of aromatic nitrogens is 3. The number of halogens is 1. The van der Waals surface area contributed by atoms with Crippen molar-refractivity contribution in [1.29, 1.82) is 0 Å². The Morgan fingerprint density at radius 1 is 0.879 bits per heavy atom. The van der Waals surface area contributed by atoms with Crippen molar-refractivity contribution in [2.75, 3.05) is 64.4 Å². The van der Waals surface area contributed by atoms with Crippen molar-refractivity contribution in [3.63, 3.8) is 0 Å². The van der Waals surface area contributed by atoms with Crippen LogP contribution in [0.2, 0.25) is 0 Å². The lowest BCUT2D eigenvalue weighted by molar-refractivity contribution is 0.0748. The second-order valence-corrected chi connectivity index (χ2v) is 19.5. The first-order chi connectivity index (χ1) is 32.0. The van der Waals surface area contributed by atoms with Crippen LogP contribution in [0.4, 0.5) is 10.2 Å². The Balaban J connectivity index is 0.734. The van der Waals surface area contributed by atoms with E-state index in [0.29, 0.717) is 54.6 Å². The molecule has 4 aromatic carbocycles. The number of amides is 1. The maximum atomic E-state index is 16.9. The Morgan fingerprint density at radius 3 is 2.45 bits per heavy atom. The third-order valence-electron chi connectivity index (χ3n) is 14.9. The summed E-state index contributed by atoms with van der Waals surface area (Å²) in [7, 11) is 2.16. The van der Waals surface area contributed by atoms with E-state index in [2.05, 4.69) is 50.2 Å². The predicted octanol–water partition coefficient (Wildman–Crippen LogP) is 6.88. The van der Waals surface area contributed by atoms with Crippen LogP contribution in [-0.4, -0.2) is 134 Å². The van der Waals surface area contributed by atoms with Gasteiger partial charge in [0.2, 0.25) is 0 Å². The van der Waals surface area contributed by atoms with Crippen molar-refractivity contribution in [3.8, 4) is 28.8 Å². The molecule has 0 spiro atoms. The Morgan fingerprint density at radius 2 is 1.65 bits per heavy atom. The zero-order valence-corrected chi connectivity index (χ0v) is 38.0. The highest BCUT2D eigenvalue weighted by atomic mass is 19.1. The van der Waals surface area contributed by atoms with Crippen LogP contribution in [0.5, 0.6) is 17.5 Å². The predicted molar refractivity (Wildman–Crippen MR) is 253 cm³/mol. The Kier molecular flexibility index (Phi) is 11.2. The molecule has 0 aliphatic carbocycles. The van der Waals surface area contributed by atoms with E-state index in [9.17, 15) is 15.0 Å². The number of phenolic OH excluding ortho intramolecular Hbond substituents is 2. The van der Waals surface area contributed by atoms with Crippen LogP contribution in [0.1, 0.15) is 71.6 Å². The fraction of sp³-hybridized carbons (Fsp3) is 0.423. The average Bonchev–Trinajstić information content (AvgIpc) is 4.03. The minimum Gasteiger partial charge on any atom is -0.508 e. The molecule has 2 unspecified atom stereocenters. The molecule has 2 aromatic heterocycles. The molecule has 3 N–H and O–H groups in total. The number of benzene rings is 4. The van der Waals surface area contributed by atoms with Crippen molar-refractivity contribution in [2.24, 2.45) is 0 Å². The quantitative estimate of drug-likeness (QED) is 0.132. The molecular formula is C52H58FN9O4. The zero-order valence-electron chi connectivity index (χ0n) is 38.0. The summed E-state index contributed by atoms with van der Waals surface area (Å²) < 4.78 is 23.4. The highest BCUT2D eigenvalue weighted by Crippen LogP contribution is 2.38. The summed E-state index contributed by atoms with van der Waals surface area (Å²) in [6.07, 6.45) is 4.94. The molecule has 66 heavy (non-hydrogen) atoms. The van der Waals surface area contributed by atoms with Gasteiger partial charge in [-0.3, -0.25) is 24.5 Å². The Hall–Kier alpha value is -5.93. The lowest BCUT2D eigenvalue weighted by Crippen LogP contribution is -2.51. The summed E-state index contributed by atoms with van der Waals surface area (Å²) in [6, 6.07) is 24.8. The number of carbonyl (C=O) groups excluding carboxylic acids is 1. The lowest BCUT2D eigenvalue weighted by Gasteiger charge is -2.38. The molecule has 4 atom stereocenters. The van der Waals surface area contributed by atoms with Crippen LogP contribution in [0.25, 0.3) is 32.9 Å². The first kappa shape index (κ1) is 42.7. The van der Waals surface area contributed by atoms with Gasteiger partial charge >= 0.3 is 6.01 Å². The molecule has 1 amide bonds. The van der Waals surface area contributed by atoms with Gasteiger partial charge < -0.3 is 30.1 Å². The van der Waals surface area contributed by atoms with Gasteiger partial charge in [-0.25, -0.2) is 4.39 Å². The minimum absolute atomic E-state index is 0.00324. The van der Waals surface area contributed by atoms with Crippen LogP contribution in [-0.2, 0) is 19.6 Å². The van der Waals surface area contributed by atoms with Gasteiger partial charge in [0.05, 0.1) is 10.9 Å². The molecular weight excluding hydrogens is 834 g/mol. The van der Waals surface area contributed by atoms with Crippen molar-refractivity contribution in [2.45, 2.75) is 82.8 Å². The van der Waals surface area contributed by atoms with E-state index in [1.807, 2.05) is 56.3 Å². The van der Waals surface area contributed by atoms with E-state index in [0.717, 1.165) is 99.1 Å². The van der Waals surface area contributed by atoms with Crippen LogP contribution < -0.4 is 15.0 Å². The van der Waals surface area contributed by atoms with E-state index in [1.54, 1.807) is 17.2 Å². The van der Waals surface area contributed by atoms with Crippen LogP contribution >= 0.6 is 0 Å². The van der Waals surface area contributed by atoms with Crippen LogP contribution in [0.15, 0.2) is 79.0 Å². The smallest absolute Gasteiger partial charge is 0.319 e. The maximum Gasteiger partial charge on any atom is 0.319 e. The van der Waals surface area contributed by atoms with Gasteiger partial charge in [0.1, 0.15) is 35.1 Å². The molecule has 4 saturated heterocycles. The number of ether oxygens (including phenoxy) is 1. The Bertz CT molecular complexity index is 2820. The van der Waals surface area contributed by atoms with Gasteiger partial charge in [-0.1, -0.05) is 74.5 Å². The number of nitrogens with zero attached hydrogens (tertiary/aromatic N) is 8. The summed E-state index contributed by atoms with van der Waals surface area (Å²) in [5.74, 6) is -0.191. The minimum atomic E-state index is -0.462. The number of piperazine rings is 2. The molecule has 0 radical (unpaired) electrons. The number of pyridine rings is 1. The monoisotopic (exact) mass is 891 g/mol. The third-order valence-corrected chi connectivity index (χ3v) is 14.9. The molecule has 342 valence electrons. The van der Waals surface area contributed by atoms with Crippen molar-refractivity contribution in [3.05, 3.63) is 113 Å². The van der Waals surface area contributed by atoms with Crippen molar-refractivity contribution < 1.29 is 24.1 Å². The fourth-order valence-corrected chi connectivity index (χ4v) is 11.2. The number of aromatic hydroxyl groups is 2. The second-order valence-electron chi connectivity index (χ2n) is 19.5. The SMILES string of the molecule is CC(C)c1cc(C(=O)N2Cc3ccc(CN4CCN([C@H]5C[C@@H](COc6nc(N7CC8CCC(C7)N8)c7cnc(-c8cccc9ccccc89)c(F)c7n6)N(C)C5)CC4)cc3C2)c(O)cc1O. The molecule has 4 fully saturated rings. The average molecular weight is 892 g/mol. The number of likely N-dealkylation sites (tertiary alicyclic amines) is 1. The number of hydrogen-bond acceptors (Lipinski definition) is 12. The molecule has 7 heterocycles. The normalized spacial score (nSPS) is 22.6. The molecule has 14 heteroatoms. The van der Waals surface area contributed by atoms with Gasteiger partial charge in [-0.15, -0.1) is 0 Å². The first-order valence-corrected chi connectivity index (χ1v) is 23.6. The summed E-state index contributed by atoms with van der Waals surface area (Å²) in [4.78, 5) is 39.6.